The molecule has 1 aromatic carbocycles. The van der Waals surface area contributed by atoms with E-state index in [9.17, 15) is 29.1 Å². The molecule has 1 aliphatic heterocycles. The van der Waals surface area contributed by atoms with Crippen LogP contribution in [-0.4, -0.2) is 76.3 Å². The molecule has 0 spiro atoms. The van der Waals surface area contributed by atoms with Gasteiger partial charge < -0.3 is 31.7 Å². The number of hydrogen-bond acceptors (Lipinski definition) is 8. The van der Waals surface area contributed by atoms with Crippen molar-refractivity contribution >= 4 is 62.1 Å². The lowest BCUT2D eigenvalue weighted by Gasteiger charge is -2.26. The van der Waals surface area contributed by atoms with Gasteiger partial charge in [0.05, 0.1) is 11.6 Å². The summed E-state index contributed by atoms with van der Waals surface area (Å²) in [5.74, 6) is -2.45. The number of nitrogens with zero attached hydrogens (tertiary/aromatic N) is 1. The normalized spacial score (nSPS) is 16.6. The van der Waals surface area contributed by atoms with Gasteiger partial charge in [-0.1, -0.05) is 42.3 Å². The number of phenolic OH excluding ortho intramolecular Hbond substituents is 1. The van der Waals surface area contributed by atoms with Gasteiger partial charge in [0.1, 0.15) is 23.9 Å². The number of amides is 5. The monoisotopic (exact) mass is 587 g/mol. The molecule has 1 aliphatic rings. The van der Waals surface area contributed by atoms with E-state index >= 15 is 0 Å². The van der Waals surface area contributed by atoms with Crippen molar-refractivity contribution in [2.75, 3.05) is 19.3 Å². The summed E-state index contributed by atoms with van der Waals surface area (Å²) in [5.41, 5.74) is 5.92. The molecule has 1 fully saturated rings. The Labute approximate surface area is 234 Å². The van der Waals surface area contributed by atoms with Crippen molar-refractivity contribution in [1.29, 1.82) is 0 Å². The minimum Gasteiger partial charge on any atom is -0.506 e. The smallest absolute Gasteiger partial charge is 0.292 e. The third-order valence-corrected chi connectivity index (χ3v) is 7.61. The number of hydrogen-bond donors (Lipinski definition) is 5. The Hall–Kier alpha value is -2.64. The maximum atomic E-state index is 13.2. The Morgan fingerprint density at radius 3 is 2.50 bits per heavy atom. The number of carbonyl (C=O) groups excluding carboxylic acids is 5. The third-order valence-electron chi connectivity index (χ3n) is 5.84. The predicted octanol–water partition coefficient (Wildman–Crippen LogP) is 1.80. The number of primary amides is 1. The highest BCUT2D eigenvalue weighted by Gasteiger charge is 2.36. The number of nitrogens with one attached hydrogen (secondary N) is 3. The summed E-state index contributed by atoms with van der Waals surface area (Å²) in [6.07, 6.45) is 3.23. The number of rotatable bonds is 12. The molecule has 1 heterocycles. The molecular weight excluding hydrogens is 554 g/mol. The molecule has 38 heavy (non-hydrogen) atoms. The van der Waals surface area contributed by atoms with Crippen LogP contribution in [0.1, 0.15) is 38.7 Å². The second-order valence-corrected chi connectivity index (χ2v) is 12.0. The first-order chi connectivity index (χ1) is 17.9. The van der Waals surface area contributed by atoms with Crippen molar-refractivity contribution in [2.45, 2.75) is 57.7 Å². The van der Waals surface area contributed by atoms with Crippen LogP contribution in [0.25, 0.3) is 0 Å². The highest BCUT2D eigenvalue weighted by atomic mass is 35.5. The van der Waals surface area contributed by atoms with E-state index < -0.39 is 48.3 Å². The van der Waals surface area contributed by atoms with Gasteiger partial charge in [-0.15, -0.1) is 0 Å². The number of likely N-dealkylation sites (tertiary alicyclic amines) is 1. The van der Waals surface area contributed by atoms with Crippen LogP contribution in [0.4, 0.5) is 4.79 Å². The van der Waals surface area contributed by atoms with Crippen LogP contribution in [0, 0.1) is 5.92 Å². The SMILES string of the molecule is CSSC(=O)N1CCC[C@H]1C(=O)N[C@@H](Cc1ccc(O)c(Cl)c1)C(=O)NCC(=O)N[C@@H](CC(C)C)C(N)=O. The van der Waals surface area contributed by atoms with Crippen LogP contribution in [0.15, 0.2) is 18.2 Å². The van der Waals surface area contributed by atoms with E-state index in [1.807, 2.05) is 13.8 Å². The van der Waals surface area contributed by atoms with Crippen LogP contribution >= 0.6 is 33.2 Å². The van der Waals surface area contributed by atoms with Crippen molar-refractivity contribution in [3.63, 3.8) is 0 Å². The molecule has 210 valence electrons. The van der Waals surface area contributed by atoms with Gasteiger partial charge in [0.2, 0.25) is 23.6 Å². The second-order valence-electron chi connectivity index (χ2n) is 9.29. The minimum atomic E-state index is -1.11. The number of aromatic hydroxyl groups is 1. The molecule has 6 N–H and O–H groups in total. The lowest BCUT2D eigenvalue weighted by Crippen LogP contribution is -2.55. The lowest BCUT2D eigenvalue weighted by molar-refractivity contribution is -0.132. The summed E-state index contributed by atoms with van der Waals surface area (Å²) < 4.78 is 0. The molecule has 3 atom stereocenters. The first-order valence-electron chi connectivity index (χ1n) is 12.1. The van der Waals surface area contributed by atoms with Gasteiger partial charge in [0.25, 0.3) is 5.24 Å². The predicted molar refractivity (Wildman–Crippen MR) is 149 cm³/mol. The number of carbonyl (C=O) groups is 5. The van der Waals surface area contributed by atoms with Gasteiger partial charge in [-0.2, -0.15) is 0 Å². The highest BCUT2D eigenvalue weighted by molar-refractivity contribution is 8.81. The minimum absolute atomic E-state index is 0.0106. The number of benzene rings is 1. The van der Waals surface area contributed by atoms with E-state index in [1.165, 1.54) is 27.8 Å². The average molecular weight is 588 g/mol. The Morgan fingerprint density at radius 1 is 1.18 bits per heavy atom. The lowest BCUT2D eigenvalue weighted by atomic mass is 10.0. The molecule has 14 heteroatoms. The van der Waals surface area contributed by atoms with Gasteiger partial charge in [0.15, 0.2) is 0 Å². The molecule has 0 bridgehead atoms. The second kappa shape index (κ2) is 15.1. The molecule has 2 rings (SSSR count). The molecule has 0 aromatic heterocycles. The zero-order valence-corrected chi connectivity index (χ0v) is 23.9. The van der Waals surface area contributed by atoms with Crippen molar-refractivity contribution in [2.24, 2.45) is 11.7 Å². The van der Waals surface area contributed by atoms with Gasteiger partial charge in [-0.3, -0.25) is 24.0 Å². The molecule has 0 saturated carbocycles. The Kier molecular flexibility index (Phi) is 12.5. The first kappa shape index (κ1) is 31.6. The molecule has 11 nitrogen and oxygen atoms in total. The summed E-state index contributed by atoms with van der Waals surface area (Å²) in [5, 5.41) is 17.3. The van der Waals surface area contributed by atoms with Gasteiger partial charge in [-0.25, -0.2) is 0 Å². The largest absolute Gasteiger partial charge is 0.506 e. The first-order valence-corrected chi connectivity index (χ1v) is 15.0. The fraction of sp³-hybridized carbons (Fsp3) is 0.542. The topological polar surface area (TPSA) is 171 Å². The number of nitrogens with two attached hydrogens (primary N) is 1. The standard InChI is InChI=1S/C24H34ClN5O6S2/c1-13(2)9-16(21(26)33)28-20(32)12-27-22(34)17(11-14-6-7-19(31)15(25)10-14)29-23(35)18-5-4-8-30(18)24(36)38-37-3/h6-7,10,13,16-18,31H,4-5,8-9,11-12H2,1-3H3,(H2,26,33)(H,27,34)(H,28,32)(H,29,35)/t16-,17-,18-/m0/s1. The van der Waals surface area contributed by atoms with Crippen LogP contribution in [0.3, 0.4) is 0 Å². The van der Waals surface area contributed by atoms with E-state index in [0.29, 0.717) is 31.4 Å². The summed E-state index contributed by atoms with van der Waals surface area (Å²) in [6.45, 7) is 3.76. The van der Waals surface area contributed by atoms with E-state index in [-0.39, 0.29) is 28.4 Å². The summed E-state index contributed by atoms with van der Waals surface area (Å²) >= 11 is 6.01. The van der Waals surface area contributed by atoms with Crippen molar-refractivity contribution < 1.29 is 29.1 Å². The van der Waals surface area contributed by atoms with Crippen molar-refractivity contribution in [3.05, 3.63) is 28.8 Å². The fourth-order valence-electron chi connectivity index (χ4n) is 4.02. The van der Waals surface area contributed by atoms with Crippen LogP contribution in [0.2, 0.25) is 5.02 Å². The molecule has 1 saturated heterocycles. The molecule has 0 radical (unpaired) electrons. The molecular formula is C24H34ClN5O6S2. The highest BCUT2D eigenvalue weighted by Crippen LogP contribution is 2.28. The van der Waals surface area contributed by atoms with Gasteiger partial charge in [-0.05, 0) is 49.1 Å². The zero-order chi connectivity index (χ0) is 28.4. The Balaban J connectivity index is 2.13. The summed E-state index contributed by atoms with van der Waals surface area (Å²) in [4.78, 5) is 64.2. The van der Waals surface area contributed by atoms with E-state index in [2.05, 4.69) is 16.0 Å². The zero-order valence-electron chi connectivity index (χ0n) is 21.5. The molecule has 0 aliphatic carbocycles. The van der Waals surface area contributed by atoms with Crippen molar-refractivity contribution in [1.82, 2.24) is 20.9 Å². The third kappa shape index (κ3) is 9.59. The van der Waals surface area contributed by atoms with E-state index in [4.69, 9.17) is 17.3 Å². The van der Waals surface area contributed by atoms with E-state index in [1.54, 1.807) is 12.3 Å². The Morgan fingerprint density at radius 2 is 1.89 bits per heavy atom. The fourth-order valence-corrected chi connectivity index (χ4v) is 5.40. The Bertz CT molecular complexity index is 1040. The summed E-state index contributed by atoms with van der Waals surface area (Å²) in [7, 11) is 2.31. The van der Waals surface area contributed by atoms with Crippen molar-refractivity contribution in [3.8, 4) is 5.75 Å². The maximum absolute atomic E-state index is 13.2. The molecule has 1 aromatic rings. The van der Waals surface area contributed by atoms with E-state index in [0.717, 1.165) is 10.8 Å². The van der Waals surface area contributed by atoms with Gasteiger partial charge in [0, 0.05) is 23.8 Å². The van der Waals surface area contributed by atoms with Crippen LogP contribution in [-0.2, 0) is 25.6 Å². The molecule has 0 unspecified atom stereocenters. The van der Waals surface area contributed by atoms with Crippen LogP contribution in [0.5, 0.6) is 5.75 Å². The van der Waals surface area contributed by atoms with Crippen LogP contribution < -0.4 is 21.7 Å². The van der Waals surface area contributed by atoms with Gasteiger partial charge >= 0.3 is 0 Å². The quantitative estimate of drug-likeness (QED) is 0.230. The maximum Gasteiger partial charge on any atom is 0.292 e. The number of halogens is 1. The summed E-state index contributed by atoms with van der Waals surface area (Å²) in [6, 6.07) is 1.70. The average Bonchev–Trinajstić information content (AvgIpc) is 3.34. The molecule has 5 amide bonds. The number of phenols is 1.